The van der Waals surface area contributed by atoms with E-state index in [1.807, 2.05) is 41.8 Å². The number of hydrogen-bond acceptors (Lipinski definition) is 6. The molecule has 0 atom stereocenters. The van der Waals surface area contributed by atoms with Gasteiger partial charge in [-0.1, -0.05) is 41.6 Å². The fourth-order valence-electron chi connectivity index (χ4n) is 2.57. The maximum Gasteiger partial charge on any atom is 0.442 e. The molecular formula is C18H18N4O4S. The van der Waals surface area contributed by atoms with E-state index in [9.17, 15) is 14.4 Å². The van der Waals surface area contributed by atoms with Crippen molar-refractivity contribution in [3.8, 4) is 10.7 Å². The summed E-state index contributed by atoms with van der Waals surface area (Å²) in [5, 5.41) is 5.61. The predicted molar refractivity (Wildman–Crippen MR) is 99.7 cm³/mol. The number of carbonyl (C=O) groups is 2. The molecule has 140 valence electrons. The van der Waals surface area contributed by atoms with Crippen molar-refractivity contribution >= 4 is 23.2 Å². The van der Waals surface area contributed by atoms with E-state index >= 15 is 0 Å². The topological polar surface area (TPSA) is 111 Å². The Morgan fingerprint density at radius 3 is 2.63 bits per heavy atom. The summed E-state index contributed by atoms with van der Waals surface area (Å²) in [6.45, 7) is 0.236. The van der Waals surface area contributed by atoms with E-state index in [-0.39, 0.29) is 25.4 Å². The zero-order valence-corrected chi connectivity index (χ0v) is 15.2. The lowest BCUT2D eigenvalue weighted by molar-refractivity contribution is -0.133. The van der Waals surface area contributed by atoms with Gasteiger partial charge in [-0.15, -0.1) is 11.3 Å². The molecule has 0 aliphatic heterocycles. The Kier molecular flexibility index (Phi) is 5.82. The third-order valence-corrected chi connectivity index (χ3v) is 4.78. The summed E-state index contributed by atoms with van der Waals surface area (Å²) < 4.78 is 5.93. The first-order valence-corrected chi connectivity index (χ1v) is 9.13. The van der Waals surface area contributed by atoms with E-state index in [0.717, 1.165) is 10.4 Å². The fourth-order valence-corrected chi connectivity index (χ4v) is 3.28. The summed E-state index contributed by atoms with van der Waals surface area (Å²) >= 11 is 1.39. The van der Waals surface area contributed by atoms with Gasteiger partial charge in [0.2, 0.25) is 11.8 Å². The molecule has 0 unspecified atom stereocenters. The van der Waals surface area contributed by atoms with Gasteiger partial charge < -0.3 is 10.6 Å². The van der Waals surface area contributed by atoms with Gasteiger partial charge in [-0.2, -0.15) is 0 Å². The van der Waals surface area contributed by atoms with E-state index < -0.39 is 11.7 Å². The van der Waals surface area contributed by atoms with Crippen molar-refractivity contribution in [2.24, 2.45) is 5.73 Å². The van der Waals surface area contributed by atoms with Crippen LogP contribution >= 0.6 is 11.3 Å². The molecule has 9 heteroatoms. The van der Waals surface area contributed by atoms with Crippen LogP contribution in [-0.4, -0.2) is 33.0 Å². The van der Waals surface area contributed by atoms with Gasteiger partial charge in [-0.3, -0.25) is 14.1 Å². The van der Waals surface area contributed by atoms with E-state index in [1.54, 1.807) is 6.07 Å². The van der Waals surface area contributed by atoms with Crippen LogP contribution in [0.4, 0.5) is 0 Å². The first-order chi connectivity index (χ1) is 13.0. The number of primary amides is 1. The first kappa shape index (κ1) is 18.6. The molecule has 2 heterocycles. The highest BCUT2D eigenvalue weighted by Gasteiger charge is 2.21. The average Bonchev–Trinajstić information content (AvgIpc) is 3.30. The molecule has 3 rings (SSSR count). The number of nitrogens with zero attached hydrogens (tertiary/aromatic N) is 3. The second-order valence-corrected chi connectivity index (χ2v) is 6.80. The van der Waals surface area contributed by atoms with Crippen molar-refractivity contribution in [3.63, 3.8) is 0 Å². The van der Waals surface area contributed by atoms with Crippen LogP contribution in [0.25, 0.3) is 10.7 Å². The van der Waals surface area contributed by atoms with Gasteiger partial charge in [0.25, 0.3) is 0 Å². The minimum absolute atomic E-state index is 0.0366. The lowest BCUT2D eigenvalue weighted by Gasteiger charge is -2.22. The molecule has 8 nitrogen and oxygen atoms in total. The normalized spacial score (nSPS) is 10.7. The van der Waals surface area contributed by atoms with Gasteiger partial charge in [-0.25, -0.2) is 9.36 Å². The molecule has 0 aliphatic rings. The second kappa shape index (κ2) is 8.45. The van der Waals surface area contributed by atoms with Crippen LogP contribution < -0.4 is 11.5 Å². The van der Waals surface area contributed by atoms with E-state index in [0.29, 0.717) is 12.4 Å². The Hall–Kier alpha value is -3.20. The van der Waals surface area contributed by atoms with Crippen LogP contribution in [0.2, 0.25) is 0 Å². The molecule has 0 fully saturated rings. The Bertz CT molecular complexity index is 963. The van der Waals surface area contributed by atoms with Gasteiger partial charge >= 0.3 is 5.76 Å². The molecule has 2 aromatic heterocycles. The van der Waals surface area contributed by atoms with E-state index in [1.165, 1.54) is 20.8 Å². The van der Waals surface area contributed by atoms with Crippen LogP contribution in [0.1, 0.15) is 12.0 Å². The fraction of sp³-hybridized carbons (Fsp3) is 0.222. The summed E-state index contributed by atoms with van der Waals surface area (Å²) in [6.07, 6.45) is 0.0366. The Morgan fingerprint density at radius 1 is 1.19 bits per heavy atom. The van der Waals surface area contributed by atoms with E-state index in [4.69, 9.17) is 10.3 Å². The van der Waals surface area contributed by atoms with E-state index in [2.05, 4.69) is 5.16 Å². The first-order valence-electron chi connectivity index (χ1n) is 8.25. The van der Waals surface area contributed by atoms with Crippen LogP contribution in [0.5, 0.6) is 0 Å². The highest BCUT2D eigenvalue weighted by molar-refractivity contribution is 7.13. The molecular weight excluding hydrogens is 368 g/mol. The third-order valence-electron chi connectivity index (χ3n) is 3.92. The maximum absolute atomic E-state index is 12.8. The number of amides is 2. The van der Waals surface area contributed by atoms with Crippen molar-refractivity contribution in [3.05, 3.63) is 64.0 Å². The van der Waals surface area contributed by atoms with Crippen LogP contribution in [0.15, 0.2) is 57.2 Å². The van der Waals surface area contributed by atoms with Crippen LogP contribution in [0.3, 0.4) is 0 Å². The number of rotatable bonds is 8. The van der Waals surface area contributed by atoms with Crippen molar-refractivity contribution in [2.75, 3.05) is 6.54 Å². The maximum atomic E-state index is 12.8. The minimum Gasteiger partial charge on any atom is -0.370 e. The minimum atomic E-state index is -0.707. The van der Waals surface area contributed by atoms with Gasteiger partial charge in [0.05, 0.1) is 4.88 Å². The van der Waals surface area contributed by atoms with Gasteiger partial charge in [0.15, 0.2) is 5.82 Å². The summed E-state index contributed by atoms with van der Waals surface area (Å²) in [4.78, 5) is 38.2. The Balaban J connectivity index is 1.81. The second-order valence-electron chi connectivity index (χ2n) is 5.85. The Morgan fingerprint density at radius 2 is 1.96 bits per heavy atom. The highest BCUT2D eigenvalue weighted by Crippen LogP contribution is 2.21. The SMILES string of the molecule is NC(=O)CCN(Cc1ccccc1)C(=O)Cn1c(-c2cccs2)noc1=O. The molecule has 0 spiro atoms. The van der Waals surface area contributed by atoms with Gasteiger partial charge in [-0.05, 0) is 17.0 Å². The van der Waals surface area contributed by atoms with Crippen molar-refractivity contribution in [2.45, 2.75) is 19.5 Å². The molecule has 0 radical (unpaired) electrons. The molecule has 0 saturated heterocycles. The zero-order chi connectivity index (χ0) is 19.2. The summed E-state index contributed by atoms with van der Waals surface area (Å²) in [7, 11) is 0. The van der Waals surface area contributed by atoms with Crippen LogP contribution in [-0.2, 0) is 22.7 Å². The average molecular weight is 386 g/mol. The highest BCUT2D eigenvalue weighted by atomic mass is 32.1. The van der Waals surface area contributed by atoms with Crippen molar-refractivity contribution in [1.82, 2.24) is 14.6 Å². The molecule has 0 bridgehead atoms. The predicted octanol–water partition coefficient (Wildman–Crippen LogP) is 1.47. The number of nitrogens with two attached hydrogens (primary N) is 1. The lowest BCUT2D eigenvalue weighted by atomic mass is 10.2. The molecule has 0 saturated carbocycles. The monoisotopic (exact) mass is 386 g/mol. The molecule has 2 amide bonds. The number of benzene rings is 1. The van der Waals surface area contributed by atoms with Crippen molar-refractivity contribution in [1.29, 1.82) is 0 Å². The number of carbonyl (C=O) groups excluding carboxylic acids is 2. The molecule has 1 aromatic carbocycles. The van der Waals surface area contributed by atoms with Gasteiger partial charge in [0, 0.05) is 19.5 Å². The van der Waals surface area contributed by atoms with Crippen LogP contribution in [0, 0.1) is 0 Å². The molecule has 2 N–H and O–H groups in total. The zero-order valence-electron chi connectivity index (χ0n) is 14.4. The molecule has 3 aromatic rings. The largest absolute Gasteiger partial charge is 0.442 e. The third kappa shape index (κ3) is 4.70. The summed E-state index contributed by atoms with van der Waals surface area (Å²) in [5.74, 6) is -1.23. The lowest BCUT2D eigenvalue weighted by Crippen LogP contribution is -2.37. The summed E-state index contributed by atoms with van der Waals surface area (Å²) in [5.41, 5.74) is 6.14. The quantitative estimate of drug-likeness (QED) is 0.630. The van der Waals surface area contributed by atoms with Gasteiger partial charge in [0.1, 0.15) is 6.54 Å². The summed E-state index contributed by atoms with van der Waals surface area (Å²) in [6, 6.07) is 13.0. The number of aromatic nitrogens is 2. The number of thiophene rings is 1. The van der Waals surface area contributed by atoms with Crippen molar-refractivity contribution < 1.29 is 14.1 Å². The number of hydrogen-bond donors (Lipinski definition) is 1. The molecule has 0 aliphatic carbocycles. The molecule has 27 heavy (non-hydrogen) atoms. The standard InChI is InChI=1S/C18H18N4O4S/c19-15(23)8-9-21(11-13-5-2-1-3-6-13)16(24)12-22-17(20-26-18(22)25)14-7-4-10-27-14/h1-7,10H,8-9,11-12H2,(H2,19,23). The smallest absolute Gasteiger partial charge is 0.370 e. The Labute approximate surface area is 158 Å².